The van der Waals surface area contributed by atoms with Gasteiger partial charge in [0.05, 0.1) is 5.92 Å². The molecule has 0 aromatic heterocycles. The van der Waals surface area contributed by atoms with Gasteiger partial charge in [-0.25, -0.2) is 0 Å². The highest BCUT2D eigenvalue weighted by Gasteiger charge is 2.46. The molecule has 1 unspecified atom stereocenters. The number of piperidine rings is 3. The van der Waals surface area contributed by atoms with Gasteiger partial charge in [-0.2, -0.15) is 0 Å². The van der Waals surface area contributed by atoms with E-state index < -0.39 is 0 Å². The molecule has 3 fully saturated rings. The molecule has 1 amide bonds. The SMILES string of the molecule is CCN1CC2(CCN(C3CCNCC3)CC2)CC(c2ccccc2)C1=O. The fourth-order valence-electron chi connectivity index (χ4n) is 5.40. The molecule has 4 nitrogen and oxygen atoms in total. The summed E-state index contributed by atoms with van der Waals surface area (Å²) < 4.78 is 0. The summed E-state index contributed by atoms with van der Waals surface area (Å²) in [6.45, 7) is 8.67. The standard InChI is InChI=1S/C22H33N3O/c1-2-24-17-22(16-20(21(24)26)18-6-4-3-5-7-18)10-14-25(15-11-22)19-8-12-23-13-9-19/h3-7,19-20,23H,2,8-17H2,1H3. The number of hydrogen-bond acceptors (Lipinski definition) is 3. The molecule has 26 heavy (non-hydrogen) atoms. The average Bonchev–Trinajstić information content (AvgIpc) is 2.71. The van der Waals surface area contributed by atoms with E-state index in [-0.39, 0.29) is 5.92 Å². The number of hydrogen-bond donors (Lipinski definition) is 1. The molecule has 3 aliphatic heterocycles. The molecule has 0 radical (unpaired) electrons. The van der Waals surface area contributed by atoms with Crippen molar-refractivity contribution >= 4 is 5.91 Å². The van der Waals surface area contributed by atoms with E-state index in [0.717, 1.165) is 25.6 Å². The molecule has 1 aromatic rings. The van der Waals surface area contributed by atoms with Crippen LogP contribution in [0.3, 0.4) is 0 Å². The molecule has 3 saturated heterocycles. The molecule has 3 heterocycles. The van der Waals surface area contributed by atoms with Crippen LogP contribution in [0.4, 0.5) is 0 Å². The number of likely N-dealkylation sites (N-methyl/N-ethyl adjacent to an activating group) is 1. The maximum Gasteiger partial charge on any atom is 0.230 e. The topological polar surface area (TPSA) is 35.6 Å². The molecule has 4 heteroatoms. The van der Waals surface area contributed by atoms with Crippen molar-refractivity contribution in [3.05, 3.63) is 35.9 Å². The zero-order valence-electron chi connectivity index (χ0n) is 16.1. The molecule has 142 valence electrons. The van der Waals surface area contributed by atoms with E-state index in [1.54, 1.807) is 0 Å². The number of rotatable bonds is 3. The van der Waals surface area contributed by atoms with Crippen LogP contribution in [0.5, 0.6) is 0 Å². The van der Waals surface area contributed by atoms with Crippen LogP contribution in [0.15, 0.2) is 30.3 Å². The van der Waals surface area contributed by atoms with E-state index >= 15 is 0 Å². The van der Waals surface area contributed by atoms with E-state index in [0.29, 0.717) is 11.3 Å². The van der Waals surface area contributed by atoms with Crippen molar-refractivity contribution in [3.8, 4) is 0 Å². The number of amides is 1. The Morgan fingerprint density at radius 2 is 1.81 bits per heavy atom. The van der Waals surface area contributed by atoms with Gasteiger partial charge in [0.15, 0.2) is 0 Å². The maximum absolute atomic E-state index is 13.0. The van der Waals surface area contributed by atoms with Gasteiger partial charge in [0.2, 0.25) is 5.91 Å². The summed E-state index contributed by atoms with van der Waals surface area (Å²) in [5.74, 6) is 0.389. The zero-order valence-corrected chi connectivity index (χ0v) is 16.1. The second kappa shape index (κ2) is 7.69. The third-order valence-electron chi connectivity index (χ3n) is 7.04. The Balaban J connectivity index is 1.48. The highest BCUT2D eigenvalue weighted by atomic mass is 16.2. The van der Waals surface area contributed by atoms with Crippen LogP contribution in [0.25, 0.3) is 0 Å². The Bertz CT molecular complexity index is 603. The Kier molecular flexibility index (Phi) is 5.32. The van der Waals surface area contributed by atoms with E-state index in [9.17, 15) is 4.79 Å². The van der Waals surface area contributed by atoms with Crippen LogP contribution in [-0.2, 0) is 4.79 Å². The van der Waals surface area contributed by atoms with Gasteiger partial charge in [-0.05, 0) is 76.2 Å². The number of carbonyl (C=O) groups is 1. The van der Waals surface area contributed by atoms with Gasteiger partial charge in [-0.15, -0.1) is 0 Å². The van der Waals surface area contributed by atoms with Crippen LogP contribution in [0, 0.1) is 5.41 Å². The van der Waals surface area contributed by atoms with Crippen LogP contribution < -0.4 is 5.32 Å². The lowest BCUT2D eigenvalue weighted by atomic mass is 9.67. The van der Waals surface area contributed by atoms with Crippen LogP contribution in [-0.4, -0.2) is 61.0 Å². The monoisotopic (exact) mass is 355 g/mol. The molecule has 1 spiro atoms. The maximum atomic E-state index is 13.0. The van der Waals surface area contributed by atoms with Crippen molar-refractivity contribution < 1.29 is 4.79 Å². The lowest BCUT2D eigenvalue weighted by Crippen LogP contribution is -2.55. The van der Waals surface area contributed by atoms with Crippen LogP contribution in [0.2, 0.25) is 0 Å². The van der Waals surface area contributed by atoms with Crippen molar-refractivity contribution in [2.75, 3.05) is 39.3 Å². The summed E-state index contributed by atoms with van der Waals surface area (Å²) in [5, 5.41) is 3.48. The zero-order chi connectivity index (χ0) is 18.0. The summed E-state index contributed by atoms with van der Waals surface area (Å²) in [4.78, 5) is 17.9. The summed E-state index contributed by atoms with van der Waals surface area (Å²) in [7, 11) is 0. The quantitative estimate of drug-likeness (QED) is 0.906. The Morgan fingerprint density at radius 3 is 2.46 bits per heavy atom. The molecule has 0 saturated carbocycles. The van der Waals surface area contributed by atoms with E-state index in [4.69, 9.17) is 0 Å². The van der Waals surface area contributed by atoms with Gasteiger partial charge in [0, 0.05) is 19.1 Å². The van der Waals surface area contributed by atoms with E-state index in [1.165, 1.54) is 57.4 Å². The molecule has 3 aliphatic rings. The van der Waals surface area contributed by atoms with Crippen molar-refractivity contribution in [2.24, 2.45) is 5.41 Å². The minimum absolute atomic E-state index is 0.0512. The molecule has 0 aliphatic carbocycles. The summed E-state index contributed by atoms with van der Waals surface area (Å²) in [6, 6.07) is 11.2. The van der Waals surface area contributed by atoms with Crippen molar-refractivity contribution in [3.63, 3.8) is 0 Å². The van der Waals surface area contributed by atoms with Crippen LogP contribution >= 0.6 is 0 Å². The minimum atomic E-state index is 0.0512. The number of nitrogens with one attached hydrogen (secondary N) is 1. The smallest absolute Gasteiger partial charge is 0.230 e. The molecule has 4 rings (SSSR count). The fourth-order valence-corrected chi connectivity index (χ4v) is 5.40. The lowest BCUT2D eigenvalue weighted by Gasteiger charge is -2.51. The summed E-state index contributed by atoms with van der Waals surface area (Å²) >= 11 is 0. The van der Waals surface area contributed by atoms with E-state index in [1.807, 2.05) is 6.07 Å². The normalized spacial score (nSPS) is 27.8. The van der Waals surface area contributed by atoms with Gasteiger partial charge in [-0.1, -0.05) is 30.3 Å². The molecule has 0 bridgehead atoms. The fraction of sp³-hybridized carbons (Fsp3) is 0.682. The number of carbonyl (C=O) groups excluding carboxylic acids is 1. The second-order valence-electron chi connectivity index (χ2n) is 8.54. The third kappa shape index (κ3) is 3.54. The van der Waals surface area contributed by atoms with Gasteiger partial charge in [-0.3, -0.25) is 4.79 Å². The Morgan fingerprint density at radius 1 is 1.12 bits per heavy atom. The lowest BCUT2D eigenvalue weighted by molar-refractivity contribution is -0.141. The van der Waals surface area contributed by atoms with Gasteiger partial charge in [0.1, 0.15) is 0 Å². The molecular formula is C22H33N3O. The third-order valence-corrected chi connectivity index (χ3v) is 7.04. The predicted molar refractivity (Wildman–Crippen MR) is 105 cm³/mol. The highest BCUT2D eigenvalue weighted by molar-refractivity contribution is 5.84. The van der Waals surface area contributed by atoms with Crippen molar-refractivity contribution in [1.82, 2.24) is 15.1 Å². The van der Waals surface area contributed by atoms with Crippen molar-refractivity contribution in [2.45, 2.75) is 51.0 Å². The molecule has 1 aromatic carbocycles. The highest BCUT2D eigenvalue weighted by Crippen LogP contribution is 2.46. The number of nitrogens with zero attached hydrogens (tertiary/aromatic N) is 2. The Hall–Kier alpha value is -1.39. The van der Waals surface area contributed by atoms with E-state index in [2.05, 4.69) is 46.3 Å². The van der Waals surface area contributed by atoms with Gasteiger partial charge >= 0.3 is 0 Å². The summed E-state index contributed by atoms with van der Waals surface area (Å²) in [6.07, 6.45) is 6.10. The molecular weight excluding hydrogens is 322 g/mol. The minimum Gasteiger partial charge on any atom is -0.342 e. The average molecular weight is 356 g/mol. The molecule has 1 N–H and O–H groups in total. The number of benzene rings is 1. The van der Waals surface area contributed by atoms with Gasteiger partial charge in [0.25, 0.3) is 0 Å². The number of likely N-dealkylation sites (tertiary alicyclic amines) is 2. The first kappa shape index (κ1) is 18.0. The largest absolute Gasteiger partial charge is 0.342 e. The summed E-state index contributed by atoms with van der Waals surface area (Å²) in [5.41, 5.74) is 1.52. The van der Waals surface area contributed by atoms with Crippen LogP contribution in [0.1, 0.15) is 50.5 Å². The van der Waals surface area contributed by atoms with Crippen molar-refractivity contribution in [1.29, 1.82) is 0 Å². The second-order valence-corrected chi connectivity index (χ2v) is 8.54. The van der Waals surface area contributed by atoms with Gasteiger partial charge < -0.3 is 15.1 Å². The Labute approximate surface area is 157 Å². The first-order valence-electron chi connectivity index (χ1n) is 10.5. The first-order chi connectivity index (χ1) is 12.7. The first-order valence-corrected chi connectivity index (χ1v) is 10.5. The molecule has 1 atom stereocenters. The predicted octanol–water partition coefficient (Wildman–Crippen LogP) is 2.86.